The smallest absolute Gasteiger partial charge is 0.237 e. The zero-order chi connectivity index (χ0) is 11.2. The molecule has 1 saturated heterocycles. The third-order valence-corrected chi connectivity index (χ3v) is 2.71. The molecule has 16 heavy (non-hydrogen) atoms. The molecule has 0 bridgehead atoms. The summed E-state index contributed by atoms with van der Waals surface area (Å²) in [5, 5.41) is 6.09. The molecule has 1 aromatic rings. The Kier molecular flexibility index (Phi) is 3.82. The monoisotopic (exact) mass is 220 g/mol. The van der Waals surface area contributed by atoms with E-state index in [9.17, 15) is 4.79 Å². The van der Waals surface area contributed by atoms with Gasteiger partial charge < -0.3 is 10.6 Å². The molecule has 1 amide bonds. The molecular weight excluding hydrogens is 204 g/mol. The average molecular weight is 220 g/mol. The van der Waals surface area contributed by atoms with Crippen LogP contribution in [-0.4, -0.2) is 28.5 Å². The van der Waals surface area contributed by atoms with Crippen LogP contribution in [0, 0.1) is 0 Å². The molecule has 1 aliphatic heterocycles. The van der Waals surface area contributed by atoms with Crippen LogP contribution in [0.2, 0.25) is 0 Å². The van der Waals surface area contributed by atoms with Crippen molar-refractivity contribution < 1.29 is 4.79 Å². The number of amides is 1. The van der Waals surface area contributed by atoms with E-state index in [1.807, 2.05) is 0 Å². The maximum atomic E-state index is 11.8. The number of nitrogens with one attached hydrogen (secondary N) is 2. The molecule has 2 rings (SSSR count). The van der Waals surface area contributed by atoms with Crippen molar-refractivity contribution in [2.24, 2.45) is 0 Å². The Morgan fingerprint density at radius 1 is 1.56 bits per heavy atom. The average Bonchev–Trinajstić information content (AvgIpc) is 2.38. The summed E-state index contributed by atoms with van der Waals surface area (Å²) in [6.07, 6.45) is 6.37. The van der Waals surface area contributed by atoms with Gasteiger partial charge in [-0.2, -0.15) is 0 Å². The molecule has 2 N–H and O–H groups in total. The first-order chi connectivity index (χ1) is 7.86. The fourth-order valence-corrected chi connectivity index (χ4v) is 1.80. The van der Waals surface area contributed by atoms with Gasteiger partial charge in [-0.25, -0.2) is 9.97 Å². The lowest BCUT2D eigenvalue weighted by Gasteiger charge is -2.22. The second-order valence-electron chi connectivity index (χ2n) is 3.92. The second kappa shape index (κ2) is 5.55. The Labute approximate surface area is 94.7 Å². The number of carbonyl (C=O) groups is 1. The number of aromatic nitrogens is 2. The van der Waals surface area contributed by atoms with Gasteiger partial charge in [-0.15, -0.1) is 0 Å². The molecule has 86 valence electrons. The molecule has 5 heteroatoms. The van der Waals surface area contributed by atoms with Crippen LogP contribution >= 0.6 is 0 Å². The van der Waals surface area contributed by atoms with Crippen LogP contribution in [-0.2, 0) is 11.3 Å². The standard InChI is InChI=1S/C11H16N4O/c16-11(10-3-1-2-5-13-10)14-7-9-4-6-12-8-15-9/h4,6,8,10,13H,1-3,5,7H2,(H,14,16)/t10-/m1/s1. The highest BCUT2D eigenvalue weighted by molar-refractivity contribution is 5.81. The van der Waals surface area contributed by atoms with Crippen LogP contribution in [0.5, 0.6) is 0 Å². The minimum Gasteiger partial charge on any atom is -0.349 e. The lowest BCUT2D eigenvalue weighted by Crippen LogP contribution is -2.46. The van der Waals surface area contributed by atoms with Gasteiger partial charge in [0, 0.05) is 6.20 Å². The predicted molar refractivity (Wildman–Crippen MR) is 59.5 cm³/mol. The van der Waals surface area contributed by atoms with Gasteiger partial charge >= 0.3 is 0 Å². The molecule has 1 aliphatic rings. The fourth-order valence-electron chi connectivity index (χ4n) is 1.80. The van der Waals surface area contributed by atoms with Crippen molar-refractivity contribution in [3.05, 3.63) is 24.3 Å². The van der Waals surface area contributed by atoms with Gasteiger partial charge in [0.15, 0.2) is 0 Å². The first-order valence-electron chi connectivity index (χ1n) is 5.62. The number of nitrogens with zero attached hydrogens (tertiary/aromatic N) is 2. The lowest BCUT2D eigenvalue weighted by molar-refractivity contribution is -0.123. The largest absolute Gasteiger partial charge is 0.349 e. The Balaban J connectivity index is 1.79. The number of hydrogen-bond acceptors (Lipinski definition) is 4. The van der Waals surface area contributed by atoms with E-state index in [4.69, 9.17) is 0 Å². The van der Waals surface area contributed by atoms with Crippen LogP contribution in [0.25, 0.3) is 0 Å². The maximum absolute atomic E-state index is 11.8. The summed E-state index contributed by atoms with van der Waals surface area (Å²) < 4.78 is 0. The Morgan fingerprint density at radius 3 is 3.19 bits per heavy atom. The predicted octanol–water partition coefficient (Wildman–Crippen LogP) is 0.235. The molecule has 1 atom stereocenters. The SMILES string of the molecule is O=C(NCc1ccncn1)[C@H]1CCCCN1. The molecule has 0 unspecified atom stereocenters. The Morgan fingerprint density at radius 2 is 2.50 bits per heavy atom. The highest BCUT2D eigenvalue weighted by Crippen LogP contribution is 2.06. The molecule has 0 saturated carbocycles. The van der Waals surface area contributed by atoms with E-state index < -0.39 is 0 Å². The van der Waals surface area contributed by atoms with E-state index in [0.29, 0.717) is 6.54 Å². The molecule has 2 heterocycles. The van der Waals surface area contributed by atoms with Gasteiger partial charge in [0.2, 0.25) is 5.91 Å². The summed E-state index contributed by atoms with van der Waals surface area (Å²) in [6, 6.07) is 1.77. The molecular formula is C11H16N4O. The van der Waals surface area contributed by atoms with Crippen molar-refractivity contribution in [2.45, 2.75) is 31.8 Å². The normalized spacial score (nSPS) is 20.4. The van der Waals surface area contributed by atoms with Crippen LogP contribution in [0.4, 0.5) is 0 Å². The second-order valence-corrected chi connectivity index (χ2v) is 3.92. The number of hydrogen-bond donors (Lipinski definition) is 2. The highest BCUT2D eigenvalue weighted by Gasteiger charge is 2.19. The zero-order valence-electron chi connectivity index (χ0n) is 9.15. The Bertz CT molecular complexity index is 335. The minimum absolute atomic E-state index is 0.0319. The van der Waals surface area contributed by atoms with E-state index in [1.54, 1.807) is 12.3 Å². The molecule has 5 nitrogen and oxygen atoms in total. The van der Waals surface area contributed by atoms with Gasteiger partial charge in [-0.1, -0.05) is 6.42 Å². The molecule has 0 spiro atoms. The third-order valence-electron chi connectivity index (χ3n) is 2.71. The van der Waals surface area contributed by atoms with Crippen LogP contribution in [0.15, 0.2) is 18.6 Å². The van der Waals surface area contributed by atoms with Gasteiger partial charge in [0.1, 0.15) is 6.33 Å². The van der Waals surface area contributed by atoms with Gasteiger partial charge in [-0.05, 0) is 25.5 Å². The van der Waals surface area contributed by atoms with E-state index >= 15 is 0 Å². The minimum atomic E-state index is -0.0319. The van der Waals surface area contributed by atoms with E-state index in [-0.39, 0.29) is 11.9 Å². The van der Waals surface area contributed by atoms with Crippen molar-refractivity contribution in [3.63, 3.8) is 0 Å². The number of carbonyl (C=O) groups excluding carboxylic acids is 1. The van der Waals surface area contributed by atoms with Gasteiger partial charge in [-0.3, -0.25) is 4.79 Å². The van der Waals surface area contributed by atoms with Crippen LogP contribution in [0.1, 0.15) is 25.0 Å². The van der Waals surface area contributed by atoms with Gasteiger partial charge in [0.25, 0.3) is 0 Å². The zero-order valence-corrected chi connectivity index (χ0v) is 9.15. The van der Waals surface area contributed by atoms with E-state index in [0.717, 1.165) is 31.5 Å². The number of piperidine rings is 1. The first-order valence-corrected chi connectivity index (χ1v) is 5.62. The Hall–Kier alpha value is -1.49. The molecule has 0 aromatic carbocycles. The molecule has 0 aliphatic carbocycles. The highest BCUT2D eigenvalue weighted by atomic mass is 16.2. The number of rotatable bonds is 3. The van der Waals surface area contributed by atoms with Gasteiger partial charge in [0.05, 0.1) is 18.3 Å². The molecule has 0 radical (unpaired) electrons. The summed E-state index contributed by atoms with van der Waals surface area (Å²) >= 11 is 0. The van der Waals surface area contributed by atoms with E-state index in [2.05, 4.69) is 20.6 Å². The topological polar surface area (TPSA) is 66.9 Å². The maximum Gasteiger partial charge on any atom is 0.237 e. The lowest BCUT2D eigenvalue weighted by atomic mass is 10.0. The molecule has 1 aromatic heterocycles. The first kappa shape index (κ1) is 11.0. The molecule has 1 fully saturated rings. The van der Waals surface area contributed by atoms with E-state index in [1.165, 1.54) is 6.33 Å². The summed E-state index contributed by atoms with van der Waals surface area (Å²) in [5.74, 6) is 0.0679. The summed E-state index contributed by atoms with van der Waals surface area (Å²) in [7, 11) is 0. The quantitative estimate of drug-likeness (QED) is 0.765. The third kappa shape index (κ3) is 3.00. The van der Waals surface area contributed by atoms with Crippen molar-refractivity contribution in [1.82, 2.24) is 20.6 Å². The summed E-state index contributed by atoms with van der Waals surface area (Å²) in [6.45, 7) is 1.41. The van der Waals surface area contributed by atoms with Crippen LogP contribution in [0.3, 0.4) is 0 Å². The van der Waals surface area contributed by atoms with Crippen molar-refractivity contribution >= 4 is 5.91 Å². The van der Waals surface area contributed by atoms with Crippen molar-refractivity contribution in [2.75, 3.05) is 6.54 Å². The van der Waals surface area contributed by atoms with Crippen LogP contribution < -0.4 is 10.6 Å². The van der Waals surface area contributed by atoms with Crippen molar-refractivity contribution in [1.29, 1.82) is 0 Å². The van der Waals surface area contributed by atoms with Crippen molar-refractivity contribution in [3.8, 4) is 0 Å². The summed E-state index contributed by atoms with van der Waals surface area (Å²) in [4.78, 5) is 19.6. The summed E-state index contributed by atoms with van der Waals surface area (Å²) in [5.41, 5.74) is 0.833. The fraction of sp³-hybridized carbons (Fsp3) is 0.545.